The number of Topliss-reactive ketones (excluding diaryl/α,β-unsaturated/α-hetero) is 1. The fourth-order valence-electron chi connectivity index (χ4n) is 2.61. The third kappa shape index (κ3) is 5.52. The molecule has 0 aromatic heterocycles. The van der Waals surface area contributed by atoms with Crippen LogP contribution in [0, 0.1) is 11.7 Å². The molecule has 0 unspecified atom stereocenters. The number of ether oxygens (including phenoxy) is 1. The Kier molecular flexibility index (Phi) is 6.39. The van der Waals surface area contributed by atoms with E-state index in [2.05, 4.69) is 20.9 Å². The van der Waals surface area contributed by atoms with Gasteiger partial charge in [-0.15, -0.1) is 0 Å². The Balaban J connectivity index is 1.96. The Morgan fingerprint density at radius 2 is 1.92 bits per heavy atom. The highest BCUT2D eigenvalue weighted by Crippen LogP contribution is 2.24. The summed E-state index contributed by atoms with van der Waals surface area (Å²) < 4.78 is 18.8. The zero-order valence-electron chi connectivity index (χ0n) is 15.1. The van der Waals surface area contributed by atoms with Crippen molar-refractivity contribution in [2.24, 2.45) is 16.6 Å². The van der Waals surface area contributed by atoms with Gasteiger partial charge >= 0.3 is 6.09 Å². The molecule has 2 rings (SSSR count). The monoisotopic (exact) mass is 427 g/mol. The van der Waals surface area contributed by atoms with Gasteiger partial charge in [0.15, 0.2) is 5.84 Å². The minimum absolute atomic E-state index is 0.112. The molecular weight excluding hydrogens is 405 g/mol. The minimum Gasteiger partial charge on any atom is -0.444 e. The Hall–Kier alpha value is -1.96. The Morgan fingerprint density at radius 1 is 1.31 bits per heavy atom. The molecule has 142 valence electrons. The van der Waals surface area contributed by atoms with Crippen molar-refractivity contribution in [2.45, 2.75) is 39.2 Å². The fraction of sp³-hybridized carbons (Fsp3) is 0.500. The van der Waals surface area contributed by atoms with E-state index in [-0.39, 0.29) is 28.1 Å². The number of aliphatic imine (C=N–C) groups is 1. The van der Waals surface area contributed by atoms with Crippen LogP contribution in [-0.4, -0.2) is 41.3 Å². The van der Waals surface area contributed by atoms with E-state index in [1.54, 1.807) is 4.90 Å². The van der Waals surface area contributed by atoms with Crippen LogP contribution >= 0.6 is 15.9 Å². The van der Waals surface area contributed by atoms with E-state index in [1.165, 1.54) is 18.2 Å². The number of amides is 1. The first kappa shape index (κ1) is 20.4. The first-order valence-electron chi connectivity index (χ1n) is 8.38. The molecule has 0 spiro atoms. The van der Waals surface area contributed by atoms with Crippen LogP contribution in [0.1, 0.15) is 33.6 Å². The molecule has 0 radical (unpaired) electrons. The van der Waals surface area contributed by atoms with Gasteiger partial charge in [-0.1, -0.05) is 0 Å². The van der Waals surface area contributed by atoms with E-state index in [0.29, 0.717) is 31.6 Å². The molecule has 0 saturated carbocycles. The normalized spacial score (nSPS) is 16.5. The van der Waals surface area contributed by atoms with Gasteiger partial charge in [0, 0.05) is 19.0 Å². The van der Waals surface area contributed by atoms with E-state index in [9.17, 15) is 14.0 Å². The van der Waals surface area contributed by atoms with E-state index >= 15 is 0 Å². The maximum absolute atomic E-state index is 13.3. The molecule has 2 N–H and O–H groups in total. The van der Waals surface area contributed by atoms with E-state index < -0.39 is 11.4 Å². The van der Waals surface area contributed by atoms with Crippen molar-refractivity contribution in [2.75, 3.05) is 13.1 Å². The number of halogens is 2. The third-order valence-corrected chi connectivity index (χ3v) is 4.53. The lowest BCUT2D eigenvalue weighted by Gasteiger charge is -2.32. The summed E-state index contributed by atoms with van der Waals surface area (Å²) in [5, 5.41) is 0. The van der Waals surface area contributed by atoms with Crippen molar-refractivity contribution < 1.29 is 18.7 Å². The van der Waals surface area contributed by atoms with Gasteiger partial charge in [0.1, 0.15) is 11.4 Å². The van der Waals surface area contributed by atoms with Gasteiger partial charge < -0.3 is 15.4 Å². The van der Waals surface area contributed by atoms with Crippen molar-refractivity contribution >= 4 is 39.3 Å². The number of nitrogens with zero attached hydrogens (tertiary/aromatic N) is 2. The predicted octanol–water partition coefficient (Wildman–Crippen LogP) is 3.79. The number of nitrogens with two attached hydrogens (primary N) is 1. The van der Waals surface area contributed by atoms with E-state index in [1.807, 2.05) is 20.8 Å². The number of carbonyl (C=O) groups is 2. The van der Waals surface area contributed by atoms with Crippen LogP contribution in [-0.2, 0) is 9.53 Å². The average molecular weight is 428 g/mol. The zero-order chi connectivity index (χ0) is 19.5. The molecule has 1 aliphatic heterocycles. The number of carbonyl (C=O) groups excluding carboxylic acids is 2. The highest BCUT2D eigenvalue weighted by Gasteiger charge is 2.31. The maximum atomic E-state index is 13.3. The van der Waals surface area contributed by atoms with E-state index in [4.69, 9.17) is 10.5 Å². The number of piperidine rings is 1. The second kappa shape index (κ2) is 8.16. The second-order valence-electron chi connectivity index (χ2n) is 7.20. The summed E-state index contributed by atoms with van der Waals surface area (Å²) in [5.41, 5.74) is 5.68. The molecule has 1 amide bonds. The van der Waals surface area contributed by atoms with Crippen molar-refractivity contribution in [3.8, 4) is 0 Å². The van der Waals surface area contributed by atoms with Crippen LogP contribution in [0.2, 0.25) is 0 Å². The summed E-state index contributed by atoms with van der Waals surface area (Å²) in [6.07, 6.45) is 0.629. The number of rotatable bonds is 3. The third-order valence-electron chi connectivity index (χ3n) is 3.92. The molecule has 0 atom stereocenters. The summed E-state index contributed by atoms with van der Waals surface area (Å²) in [4.78, 5) is 30.2. The highest BCUT2D eigenvalue weighted by molar-refractivity contribution is 9.10. The minimum atomic E-state index is -0.551. The summed E-state index contributed by atoms with van der Waals surface area (Å²) in [6, 6.07) is 4.16. The van der Waals surface area contributed by atoms with Gasteiger partial charge in [0.2, 0.25) is 5.78 Å². The lowest BCUT2D eigenvalue weighted by Crippen LogP contribution is -2.44. The molecule has 1 saturated heterocycles. The largest absolute Gasteiger partial charge is 0.444 e. The Morgan fingerprint density at radius 3 is 2.46 bits per heavy atom. The molecule has 6 nitrogen and oxygen atoms in total. The lowest BCUT2D eigenvalue weighted by atomic mass is 9.92. The standard InChI is InChI=1S/C18H23BrFN3O3/c1-18(2,3)26-17(25)23-8-6-11(7-9-23)15(24)16(21)22-12-4-5-14(20)13(19)10-12/h4-5,10-11H,6-9H2,1-3H3,(H2,21,22). The summed E-state index contributed by atoms with van der Waals surface area (Å²) >= 11 is 3.07. The van der Waals surface area contributed by atoms with Crippen molar-refractivity contribution in [3.63, 3.8) is 0 Å². The number of ketones is 1. The van der Waals surface area contributed by atoms with Crippen LogP contribution in [0.3, 0.4) is 0 Å². The maximum Gasteiger partial charge on any atom is 0.410 e. The van der Waals surface area contributed by atoms with Crippen molar-refractivity contribution in [3.05, 3.63) is 28.5 Å². The molecule has 1 heterocycles. The molecule has 0 bridgehead atoms. The number of hydrogen-bond acceptors (Lipinski definition) is 4. The topological polar surface area (TPSA) is 85.0 Å². The smallest absolute Gasteiger partial charge is 0.410 e. The van der Waals surface area contributed by atoms with Crippen LogP contribution < -0.4 is 5.73 Å². The number of amidine groups is 1. The number of likely N-dealkylation sites (tertiary alicyclic amines) is 1. The molecular formula is C18H23BrFN3O3. The summed E-state index contributed by atoms with van der Waals surface area (Å²) in [7, 11) is 0. The van der Waals surface area contributed by atoms with Crippen LogP contribution in [0.5, 0.6) is 0 Å². The Bertz CT molecular complexity index is 723. The van der Waals surface area contributed by atoms with Gasteiger partial charge in [0.05, 0.1) is 10.2 Å². The average Bonchev–Trinajstić information content (AvgIpc) is 2.56. The molecule has 0 aliphatic carbocycles. The lowest BCUT2D eigenvalue weighted by molar-refractivity contribution is -0.117. The number of benzene rings is 1. The second-order valence-corrected chi connectivity index (χ2v) is 8.06. The van der Waals surface area contributed by atoms with Gasteiger partial charge in [-0.3, -0.25) is 4.79 Å². The van der Waals surface area contributed by atoms with Gasteiger partial charge in [0.25, 0.3) is 0 Å². The van der Waals surface area contributed by atoms with Gasteiger partial charge in [-0.2, -0.15) is 0 Å². The van der Waals surface area contributed by atoms with E-state index in [0.717, 1.165) is 0 Å². The van der Waals surface area contributed by atoms with Crippen LogP contribution in [0.15, 0.2) is 27.7 Å². The first-order chi connectivity index (χ1) is 12.1. The Labute approximate surface area is 160 Å². The SMILES string of the molecule is CC(C)(C)OC(=O)N1CCC(C(=O)C(N)=Nc2ccc(F)c(Br)c2)CC1. The molecule has 1 fully saturated rings. The van der Waals surface area contributed by atoms with Gasteiger partial charge in [-0.25, -0.2) is 14.2 Å². The van der Waals surface area contributed by atoms with Crippen LogP contribution in [0.25, 0.3) is 0 Å². The molecule has 1 aliphatic rings. The molecule has 1 aromatic rings. The van der Waals surface area contributed by atoms with Crippen LogP contribution in [0.4, 0.5) is 14.9 Å². The van der Waals surface area contributed by atoms with Crippen molar-refractivity contribution in [1.82, 2.24) is 4.90 Å². The quantitative estimate of drug-likeness (QED) is 0.587. The van der Waals surface area contributed by atoms with Crippen molar-refractivity contribution in [1.29, 1.82) is 0 Å². The summed E-state index contributed by atoms with van der Waals surface area (Å²) in [5.74, 6) is -1.07. The molecule has 1 aromatic carbocycles. The zero-order valence-corrected chi connectivity index (χ0v) is 16.7. The predicted molar refractivity (Wildman–Crippen MR) is 101 cm³/mol. The highest BCUT2D eigenvalue weighted by atomic mass is 79.9. The fourth-order valence-corrected chi connectivity index (χ4v) is 2.98. The van der Waals surface area contributed by atoms with Gasteiger partial charge in [-0.05, 0) is 67.7 Å². The molecule has 26 heavy (non-hydrogen) atoms. The number of hydrogen-bond donors (Lipinski definition) is 1. The first-order valence-corrected chi connectivity index (χ1v) is 9.17. The summed E-state index contributed by atoms with van der Waals surface area (Å²) in [6.45, 7) is 6.30. The molecule has 8 heteroatoms.